The minimum Gasteiger partial charge on any atom is -0.466 e. The zero-order valence-corrected chi connectivity index (χ0v) is 11.9. The SMILES string of the molecule is CCOC1CC(CC(=O)NCC=C(C)C(=O)OC)C1. The van der Waals surface area contributed by atoms with Gasteiger partial charge in [0.25, 0.3) is 0 Å². The molecule has 0 bridgehead atoms. The molecule has 5 nitrogen and oxygen atoms in total. The molecular formula is C14H23NO4. The lowest BCUT2D eigenvalue weighted by molar-refractivity contribution is -0.136. The molecule has 1 amide bonds. The second kappa shape index (κ2) is 7.94. The first-order valence-corrected chi connectivity index (χ1v) is 6.70. The Morgan fingerprint density at radius 1 is 1.37 bits per heavy atom. The molecule has 0 atom stereocenters. The number of rotatable bonds is 7. The van der Waals surface area contributed by atoms with Crippen LogP contribution in [-0.2, 0) is 19.1 Å². The van der Waals surface area contributed by atoms with E-state index in [2.05, 4.69) is 10.1 Å². The van der Waals surface area contributed by atoms with Gasteiger partial charge in [-0.25, -0.2) is 4.79 Å². The first kappa shape index (κ1) is 15.7. The summed E-state index contributed by atoms with van der Waals surface area (Å²) < 4.78 is 10.0. The highest BCUT2D eigenvalue weighted by Crippen LogP contribution is 2.32. The fraction of sp³-hybridized carbons (Fsp3) is 0.714. The van der Waals surface area contributed by atoms with E-state index in [1.165, 1.54) is 7.11 Å². The van der Waals surface area contributed by atoms with E-state index in [9.17, 15) is 9.59 Å². The van der Waals surface area contributed by atoms with E-state index in [1.54, 1.807) is 13.0 Å². The highest BCUT2D eigenvalue weighted by Gasteiger charge is 2.30. The van der Waals surface area contributed by atoms with Crippen molar-refractivity contribution in [2.24, 2.45) is 5.92 Å². The first-order valence-electron chi connectivity index (χ1n) is 6.70. The Kier molecular flexibility index (Phi) is 6.56. The zero-order valence-electron chi connectivity index (χ0n) is 11.9. The molecule has 1 aliphatic carbocycles. The third-order valence-corrected chi connectivity index (χ3v) is 3.28. The predicted molar refractivity (Wildman–Crippen MR) is 71.5 cm³/mol. The van der Waals surface area contributed by atoms with E-state index in [0.717, 1.165) is 19.4 Å². The predicted octanol–water partition coefficient (Wildman–Crippen LogP) is 1.43. The van der Waals surface area contributed by atoms with Gasteiger partial charge in [0.1, 0.15) is 0 Å². The van der Waals surface area contributed by atoms with E-state index in [1.807, 2.05) is 6.92 Å². The van der Waals surface area contributed by atoms with Gasteiger partial charge in [0, 0.05) is 25.1 Å². The van der Waals surface area contributed by atoms with Crippen molar-refractivity contribution in [2.75, 3.05) is 20.3 Å². The van der Waals surface area contributed by atoms with Gasteiger partial charge in [-0.15, -0.1) is 0 Å². The molecule has 0 saturated heterocycles. The molecule has 1 fully saturated rings. The van der Waals surface area contributed by atoms with Crippen LogP contribution in [0.5, 0.6) is 0 Å². The zero-order chi connectivity index (χ0) is 14.3. The van der Waals surface area contributed by atoms with Crippen LogP contribution in [0.2, 0.25) is 0 Å². The van der Waals surface area contributed by atoms with Crippen LogP contribution in [0, 0.1) is 5.92 Å². The van der Waals surface area contributed by atoms with Gasteiger partial charge >= 0.3 is 5.97 Å². The van der Waals surface area contributed by atoms with Crippen LogP contribution in [0.1, 0.15) is 33.1 Å². The number of esters is 1. The van der Waals surface area contributed by atoms with Crippen LogP contribution in [0.25, 0.3) is 0 Å². The normalized spacial score (nSPS) is 22.6. The molecular weight excluding hydrogens is 246 g/mol. The number of hydrogen-bond acceptors (Lipinski definition) is 4. The van der Waals surface area contributed by atoms with Crippen molar-refractivity contribution in [1.82, 2.24) is 5.32 Å². The molecule has 0 unspecified atom stereocenters. The fourth-order valence-electron chi connectivity index (χ4n) is 2.11. The Morgan fingerprint density at radius 2 is 2.05 bits per heavy atom. The molecule has 0 spiro atoms. The Bertz CT molecular complexity index is 345. The van der Waals surface area contributed by atoms with Crippen molar-refractivity contribution in [2.45, 2.75) is 39.2 Å². The van der Waals surface area contributed by atoms with Gasteiger partial charge in [0.05, 0.1) is 13.2 Å². The summed E-state index contributed by atoms with van der Waals surface area (Å²) in [6.07, 6.45) is 4.47. The van der Waals surface area contributed by atoms with Gasteiger partial charge in [-0.1, -0.05) is 6.08 Å². The molecule has 1 aliphatic rings. The molecule has 0 aromatic rings. The van der Waals surface area contributed by atoms with Gasteiger partial charge in [0.15, 0.2) is 0 Å². The molecule has 0 aromatic carbocycles. The quantitative estimate of drug-likeness (QED) is 0.561. The smallest absolute Gasteiger partial charge is 0.333 e. The average molecular weight is 269 g/mol. The lowest BCUT2D eigenvalue weighted by Crippen LogP contribution is -2.35. The van der Waals surface area contributed by atoms with Gasteiger partial charge in [-0.05, 0) is 32.6 Å². The van der Waals surface area contributed by atoms with Crippen molar-refractivity contribution in [3.8, 4) is 0 Å². The number of methoxy groups -OCH3 is 1. The average Bonchev–Trinajstić information content (AvgIpc) is 2.35. The van der Waals surface area contributed by atoms with Gasteiger partial charge < -0.3 is 14.8 Å². The molecule has 0 aliphatic heterocycles. The molecule has 19 heavy (non-hydrogen) atoms. The van der Waals surface area contributed by atoms with Crippen molar-refractivity contribution in [3.05, 3.63) is 11.6 Å². The van der Waals surface area contributed by atoms with E-state index in [4.69, 9.17) is 4.74 Å². The summed E-state index contributed by atoms with van der Waals surface area (Å²) in [5.41, 5.74) is 0.503. The maximum absolute atomic E-state index is 11.6. The minimum absolute atomic E-state index is 0.0221. The number of carbonyl (C=O) groups is 2. The highest BCUT2D eigenvalue weighted by atomic mass is 16.5. The van der Waals surface area contributed by atoms with E-state index < -0.39 is 0 Å². The summed E-state index contributed by atoms with van der Waals surface area (Å²) in [4.78, 5) is 22.7. The lowest BCUT2D eigenvalue weighted by atomic mass is 9.80. The summed E-state index contributed by atoms with van der Waals surface area (Å²) in [5.74, 6) is 0.0869. The van der Waals surface area contributed by atoms with Crippen LogP contribution in [0.3, 0.4) is 0 Å². The number of ether oxygens (including phenoxy) is 2. The molecule has 0 aromatic heterocycles. The first-order chi connectivity index (χ1) is 9.06. The second-order valence-corrected chi connectivity index (χ2v) is 4.80. The third-order valence-electron chi connectivity index (χ3n) is 3.28. The Labute approximate surface area is 114 Å². The van der Waals surface area contributed by atoms with E-state index in [0.29, 0.717) is 30.6 Å². The molecule has 1 rings (SSSR count). The Balaban J connectivity index is 2.14. The maximum Gasteiger partial charge on any atom is 0.333 e. The summed E-state index contributed by atoms with van der Waals surface area (Å²) in [5, 5.41) is 2.77. The van der Waals surface area contributed by atoms with Crippen molar-refractivity contribution < 1.29 is 19.1 Å². The van der Waals surface area contributed by atoms with Crippen LogP contribution >= 0.6 is 0 Å². The topological polar surface area (TPSA) is 64.6 Å². The van der Waals surface area contributed by atoms with Gasteiger partial charge in [0.2, 0.25) is 5.91 Å². The van der Waals surface area contributed by atoms with Crippen molar-refractivity contribution in [3.63, 3.8) is 0 Å². The standard InChI is InChI=1S/C14H23NO4/c1-4-19-12-7-11(8-12)9-13(16)15-6-5-10(2)14(17)18-3/h5,11-12H,4,6-9H2,1-3H3,(H,15,16). The molecule has 0 radical (unpaired) electrons. The highest BCUT2D eigenvalue weighted by molar-refractivity contribution is 5.87. The monoisotopic (exact) mass is 269 g/mol. The van der Waals surface area contributed by atoms with Crippen LogP contribution in [-0.4, -0.2) is 38.2 Å². The van der Waals surface area contributed by atoms with Crippen molar-refractivity contribution >= 4 is 11.9 Å². The lowest BCUT2D eigenvalue weighted by Gasteiger charge is -2.34. The Morgan fingerprint density at radius 3 is 2.63 bits per heavy atom. The largest absolute Gasteiger partial charge is 0.466 e. The fourth-order valence-corrected chi connectivity index (χ4v) is 2.11. The number of carbonyl (C=O) groups excluding carboxylic acids is 2. The summed E-state index contributed by atoms with van der Waals surface area (Å²) in [7, 11) is 1.34. The summed E-state index contributed by atoms with van der Waals surface area (Å²) in [6, 6.07) is 0. The summed E-state index contributed by atoms with van der Waals surface area (Å²) >= 11 is 0. The maximum atomic E-state index is 11.6. The molecule has 108 valence electrons. The van der Waals surface area contributed by atoms with Crippen LogP contribution in [0.15, 0.2) is 11.6 Å². The van der Waals surface area contributed by atoms with Crippen LogP contribution in [0.4, 0.5) is 0 Å². The van der Waals surface area contributed by atoms with E-state index in [-0.39, 0.29) is 11.9 Å². The van der Waals surface area contributed by atoms with Gasteiger partial charge in [-0.2, -0.15) is 0 Å². The Hall–Kier alpha value is -1.36. The van der Waals surface area contributed by atoms with Gasteiger partial charge in [-0.3, -0.25) is 4.79 Å². The minimum atomic E-state index is -0.368. The second-order valence-electron chi connectivity index (χ2n) is 4.80. The number of nitrogens with one attached hydrogen (secondary N) is 1. The van der Waals surface area contributed by atoms with Crippen LogP contribution < -0.4 is 5.32 Å². The summed E-state index contributed by atoms with van der Waals surface area (Å²) in [6.45, 7) is 4.75. The molecule has 1 saturated carbocycles. The van der Waals surface area contributed by atoms with E-state index >= 15 is 0 Å². The molecule has 0 heterocycles. The number of amides is 1. The van der Waals surface area contributed by atoms with Crippen molar-refractivity contribution in [1.29, 1.82) is 0 Å². The number of hydrogen-bond donors (Lipinski definition) is 1. The third kappa shape index (κ3) is 5.42. The molecule has 1 N–H and O–H groups in total. The molecule has 5 heteroatoms.